The number of imidazole rings is 1. The van der Waals surface area contributed by atoms with E-state index in [2.05, 4.69) is 39.6 Å². The van der Waals surface area contributed by atoms with Gasteiger partial charge < -0.3 is 4.57 Å². The molecule has 1 fully saturated rings. The number of likely N-dealkylation sites (N-methyl/N-ethyl adjacent to an activating group) is 2. The number of benzene rings is 1. The Labute approximate surface area is 130 Å². The fourth-order valence-corrected chi connectivity index (χ4v) is 3.17. The van der Waals surface area contributed by atoms with Gasteiger partial charge in [-0.3, -0.25) is 0 Å². The number of hydrazine groups is 1. The molecular weight excluding hydrogens is 284 g/mol. The Morgan fingerprint density at radius 1 is 1.10 bits per heavy atom. The summed E-state index contributed by atoms with van der Waals surface area (Å²) in [4.78, 5) is 4.55. The molecular formula is C16H21ClN4. The monoisotopic (exact) mass is 304 g/mol. The third-order valence-electron chi connectivity index (χ3n) is 4.14. The van der Waals surface area contributed by atoms with E-state index in [-0.39, 0.29) is 0 Å². The number of hydrogen-bond acceptors (Lipinski definition) is 3. The number of nitrogens with zero attached hydrogens (tertiary/aromatic N) is 4. The van der Waals surface area contributed by atoms with Gasteiger partial charge in [-0.25, -0.2) is 15.0 Å². The van der Waals surface area contributed by atoms with E-state index in [1.165, 1.54) is 0 Å². The second kappa shape index (κ2) is 6.18. The van der Waals surface area contributed by atoms with Gasteiger partial charge in [0.1, 0.15) is 5.82 Å². The Morgan fingerprint density at radius 3 is 2.29 bits per heavy atom. The van der Waals surface area contributed by atoms with Crippen molar-refractivity contribution in [2.24, 2.45) is 0 Å². The minimum atomic E-state index is 0.443. The van der Waals surface area contributed by atoms with Gasteiger partial charge in [-0.15, -0.1) is 0 Å². The third kappa shape index (κ3) is 2.84. The Bertz CT molecular complexity index is 581. The van der Waals surface area contributed by atoms with Crippen LogP contribution in [0.4, 0.5) is 0 Å². The van der Waals surface area contributed by atoms with Crippen molar-refractivity contribution < 1.29 is 0 Å². The number of aromatic nitrogens is 2. The Morgan fingerprint density at radius 2 is 1.71 bits per heavy atom. The average molecular weight is 305 g/mol. The summed E-state index contributed by atoms with van der Waals surface area (Å²) in [5.41, 5.74) is 1.11. The molecule has 3 rings (SSSR count). The lowest BCUT2D eigenvalue weighted by molar-refractivity contribution is 0.0388. The van der Waals surface area contributed by atoms with E-state index in [9.17, 15) is 0 Å². The van der Waals surface area contributed by atoms with Crippen molar-refractivity contribution in [3.63, 3.8) is 0 Å². The van der Waals surface area contributed by atoms with E-state index in [0.29, 0.717) is 6.04 Å². The van der Waals surface area contributed by atoms with E-state index in [1.54, 1.807) is 0 Å². The predicted molar refractivity (Wildman–Crippen MR) is 86.2 cm³/mol. The minimum Gasteiger partial charge on any atom is -0.325 e. The third-order valence-corrected chi connectivity index (χ3v) is 4.39. The zero-order chi connectivity index (χ0) is 14.8. The highest BCUT2D eigenvalue weighted by molar-refractivity contribution is 6.30. The van der Waals surface area contributed by atoms with Crippen molar-refractivity contribution in [2.75, 3.05) is 26.2 Å². The van der Waals surface area contributed by atoms with Gasteiger partial charge in [0.2, 0.25) is 0 Å². The average Bonchev–Trinajstić information content (AvgIpc) is 3.13. The summed E-state index contributed by atoms with van der Waals surface area (Å²) in [6, 6.07) is 8.34. The quantitative estimate of drug-likeness (QED) is 0.866. The number of rotatable bonds is 4. The summed E-state index contributed by atoms with van der Waals surface area (Å²) >= 11 is 5.98. The molecule has 0 amide bonds. The molecule has 0 spiro atoms. The van der Waals surface area contributed by atoms with Gasteiger partial charge in [0.25, 0.3) is 0 Å². The molecule has 0 saturated carbocycles. The van der Waals surface area contributed by atoms with Gasteiger partial charge >= 0.3 is 0 Å². The van der Waals surface area contributed by atoms with Crippen LogP contribution in [0.5, 0.6) is 0 Å². The van der Waals surface area contributed by atoms with Gasteiger partial charge in [0.05, 0.1) is 6.04 Å². The maximum Gasteiger partial charge on any atom is 0.140 e. The second-order valence-corrected chi connectivity index (χ2v) is 5.77. The molecule has 2 heterocycles. The second-order valence-electron chi connectivity index (χ2n) is 5.33. The molecule has 4 nitrogen and oxygen atoms in total. The molecule has 1 aliphatic rings. The Kier molecular flexibility index (Phi) is 4.29. The predicted octanol–water partition coefficient (Wildman–Crippen LogP) is 3.32. The van der Waals surface area contributed by atoms with Gasteiger partial charge in [0, 0.05) is 49.2 Å². The molecule has 0 unspecified atom stereocenters. The molecule has 1 saturated heterocycles. The van der Waals surface area contributed by atoms with Crippen LogP contribution in [0, 0.1) is 0 Å². The highest BCUT2D eigenvalue weighted by Gasteiger charge is 2.30. The summed E-state index contributed by atoms with van der Waals surface area (Å²) in [7, 11) is 0. The minimum absolute atomic E-state index is 0.443. The van der Waals surface area contributed by atoms with Crippen LogP contribution < -0.4 is 0 Å². The summed E-state index contributed by atoms with van der Waals surface area (Å²) in [6.07, 6.45) is 3.97. The molecule has 5 heteroatoms. The Balaban J connectivity index is 1.88. The van der Waals surface area contributed by atoms with Crippen molar-refractivity contribution >= 4 is 11.6 Å². The SMILES string of the molecule is CCN1CC(n2ccnc2-c2ccc(Cl)cc2)CN1CC. The molecule has 21 heavy (non-hydrogen) atoms. The highest BCUT2D eigenvalue weighted by Crippen LogP contribution is 2.27. The highest BCUT2D eigenvalue weighted by atomic mass is 35.5. The van der Waals surface area contributed by atoms with Gasteiger partial charge in [-0.05, 0) is 24.3 Å². The van der Waals surface area contributed by atoms with Gasteiger partial charge in [-0.2, -0.15) is 0 Å². The van der Waals surface area contributed by atoms with Crippen molar-refractivity contribution in [2.45, 2.75) is 19.9 Å². The van der Waals surface area contributed by atoms with Crippen LogP contribution in [0.3, 0.4) is 0 Å². The lowest BCUT2D eigenvalue weighted by Crippen LogP contribution is -2.35. The van der Waals surface area contributed by atoms with Crippen molar-refractivity contribution in [3.05, 3.63) is 41.7 Å². The molecule has 0 N–H and O–H groups in total. The molecule has 112 valence electrons. The molecule has 0 atom stereocenters. The van der Waals surface area contributed by atoms with E-state index in [0.717, 1.165) is 42.6 Å². The van der Waals surface area contributed by atoms with Crippen molar-refractivity contribution in [3.8, 4) is 11.4 Å². The normalized spacial score (nSPS) is 17.7. The zero-order valence-corrected chi connectivity index (χ0v) is 13.3. The number of halogens is 1. The van der Waals surface area contributed by atoms with Crippen molar-refractivity contribution in [1.82, 2.24) is 19.6 Å². The van der Waals surface area contributed by atoms with Crippen LogP contribution in [-0.4, -0.2) is 45.7 Å². The largest absolute Gasteiger partial charge is 0.325 e. The van der Waals surface area contributed by atoms with Crippen LogP contribution in [0.25, 0.3) is 11.4 Å². The number of hydrogen-bond donors (Lipinski definition) is 0. The summed E-state index contributed by atoms with van der Waals surface area (Å²) in [6.45, 7) is 8.60. The molecule has 0 bridgehead atoms. The molecule has 1 aliphatic heterocycles. The topological polar surface area (TPSA) is 24.3 Å². The van der Waals surface area contributed by atoms with Crippen LogP contribution in [0.15, 0.2) is 36.7 Å². The van der Waals surface area contributed by atoms with E-state index < -0.39 is 0 Å². The summed E-state index contributed by atoms with van der Waals surface area (Å²) in [5, 5.41) is 5.58. The summed E-state index contributed by atoms with van der Waals surface area (Å²) in [5.74, 6) is 1.02. The fraction of sp³-hybridized carbons (Fsp3) is 0.438. The maximum atomic E-state index is 5.98. The van der Waals surface area contributed by atoms with E-state index in [1.807, 2.05) is 30.5 Å². The first-order chi connectivity index (χ1) is 10.2. The molecule has 2 aromatic rings. The zero-order valence-electron chi connectivity index (χ0n) is 12.5. The van der Waals surface area contributed by atoms with Gasteiger partial charge in [0.15, 0.2) is 0 Å². The lowest BCUT2D eigenvalue weighted by atomic mass is 10.2. The van der Waals surface area contributed by atoms with Crippen LogP contribution in [0.1, 0.15) is 19.9 Å². The first-order valence-electron chi connectivity index (χ1n) is 7.51. The first kappa shape index (κ1) is 14.6. The molecule has 0 radical (unpaired) electrons. The van der Waals surface area contributed by atoms with Crippen LogP contribution in [-0.2, 0) is 0 Å². The van der Waals surface area contributed by atoms with E-state index >= 15 is 0 Å². The van der Waals surface area contributed by atoms with Gasteiger partial charge in [-0.1, -0.05) is 25.4 Å². The molecule has 1 aromatic carbocycles. The summed E-state index contributed by atoms with van der Waals surface area (Å²) < 4.78 is 2.29. The van der Waals surface area contributed by atoms with E-state index in [4.69, 9.17) is 11.6 Å². The van der Waals surface area contributed by atoms with Crippen LogP contribution in [0.2, 0.25) is 5.02 Å². The van der Waals surface area contributed by atoms with Crippen molar-refractivity contribution in [1.29, 1.82) is 0 Å². The maximum absolute atomic E-state index is 5.98. The fourth-order valence-electron chi connectivity index (χ4n) is 3.04. The standard InChI is InChI=1S/C16H21ClN4/c1-3-19-11-15(12-20(19)4-2)21-10-9-18-16(21)13-5-7-14(17)8-6-13/h5-10,15H,3-4,11-12H2,1-2H3. The smallest absolute Gasteiger partial charge is 0.140 e. The lowest BCUT2D eigenvalue weighted by Gasteiger charge is -2.24. The molecule has 0 aliphatic carbocycles. The Hall–Kier alpha value is -1.36. The van der Waals surface area contributed by atoms with Crippen LogP contribution >= 0.6 is 11.6 Å². The molecule has 1 aromatic heterocycles. The first-order valence-corrected chi connectivity index (χ1v) is 7.89.